The minimum Gasteiger partial charge on any atom is -0.485 e. The predicted octanol–water partition coefficient (Wildman–Crippen LogP) is 4.80. The van der Waals surface area contributed by atoms with Gasteiger partial charge in [0.25, 0.3) is 0 Å². The molecule has 1 aliphatic heterocycles. The zero-order valence-electron chi connectivity index (χ0n) is 10.3. The largest absolute Gasteiger partial charge is 0.485 e. The van der Waals surface area contributed by atoms with Crippen molar-refractivity contribution >= 4 is 27.5 Å². The first-order valence-electron chi connectivity index (χ1n) is 6.13. The molecule has 0 radical (unpaired) electrons. The fourth-order valence-corrected chi connectivity index (χ4v) is 3.16. The van der Waals surface area contributed by atoms with Gasteiger partial charge in [0, 0.05) is 33.1 Å². The van der Waals surface area contributed by atoms with Gasteiger partial charge in [-0.15, -0.1) is 0 Å². The second-order valence-corrected chi connectivity index (χ2v) is 6.03. The SMILES string of the molecule is OC1CC(c2ccc(Br)cc2Cl)Oc2cc(F)ccc21. The topological polar surface area (TPSA) is 29.5 Å². The van der Waals surface area contributed by atoms with E-state index in [2.05, 4.69) is 15.9 Å². The number of fused-ring (bicyclic) bond motifs is 1. The first-order chi connectivity index (χ1) is 9.54. The molecule has 2 aromatic carbocycles. The van der Waals surface area contributed by atoms with Crippen molar-refractivity contribution in [1.82, 2.24) is 0 Å². The third kappa shape index (κ3) is 2.55. The average molecular weight is 358 g/mol. The van der Waals surface area contributed by atoms with E-state index in [0.717, 1.165) is 10.0 Å². The van der Waals surface area contributed by atoms with Gasteiger partial charge >= 0.3 is 0 Å². The van der Waals surface area contributed by atoms with Crippen LogP contribution in [0.3, 0.4) is 0 Å². The molecule has 104 valence electrons. The third-order valence-corrected chi connectivity index (χ3v) is 4.17. The molecule has 0 aliphatic carbocycles. The Balaban J connectivity index is 1.98. The Hall–Kier alpha value is -1.10. The van der Waals surface area contributed by atoms with Gasteiger partial charge in [-0.3, -0.25) is 0 Å². The Morgan fingerprint density at radius 2 is 1.95 bits per heavy atom. The molecule has 2 nitrogen and oxygen atoms in total. The predicted molar refractivity (Wildman–Crippen MR) is 78.5 cm³/mol. The summed E-state index contributed by atoms with van der Waals surface area (Å²) in [6, 6.07) is 9.63. The van der Waals surface area contributed by atoms with E-state index in [0.29, 0.717) is 22.8 Å². The lowest BCUT2D eigenvalue weighted by Gasteiger charge is -2.30. The van der Waals surface area contributed by atoms with E-state index in [1.165, 1.54) is 12.1 Å². The monoisotopic (exact) mass is 356 g/mol. The molecule has 0 spiro atoms. The van der Waals surface area contributed by atoms with Gasteiger partial charge in [0.15, 0.2) is 0 Å². The summed E-state index contributed by atoms with van der Waals surface area (Å²) in [7, 11) is 0. The zero-order chi connectivity index (χ0) is 14.3. The second kappa shape index (κ2) is 5.35. The van der Waals surface area contributed by atoms with Crippen molar-refractivity contribution in [3.05, 3.63) is 62.8 Å². The van der Waals surface area contributed by atoms with Crippen LogP contribution >= 0.6 is 27.5 Å². The van der Waals surface area contributed by atoms with Crippen LogP contribution in [0.1, 0.15) is 29.8 Å². The smallest absolute Gasteiger partial charge is 0.128 e. The van der Waals surface area contributed by atoms with Gasteiger partial charge in [0.2, 0.25) is 0 Å². The molecule has 0 saturated heterocycles. The van der Waals surface area contributed by atoms with Crippen molar-refractivity contribution in [3.8, 4) is 5.75 Å². The highest BCUT2D eigenvalue weighted by atomic mass is 79.9. The molecule has 1 heterocycles. The van der Waals surface area contributed by atoms with Crippen molar-refractivity contribution in [2.45, 2.75) is 18.6 Å². The third-order valence-electron chi connectivity index (χ3n) is 3.35. The zero-order valence-corrected chi connectivity index (χ0v) is 12.7. The Morgan fingerprint density at radius 1 is 1.20 bits per heavy atom. The molecule has 2 atom stereocenters. The number of rotatable bonds is 1. The molecule has 5 heteroatoms. The molecular weight excluding hydrogens is 347 g/mol. The van der Waals surface area contributed by atoms with Crippen molar-refractivity contribution < 1.29 is 14.2 Å². The van der Waals surface area contributed by atoms with Crippen LogP contribution in [0.4, 0.5) is 4.39 Å². The highest BCUT2D eigenvalue weighted by molar-refractivity contribution is 9.10. The molecule has 0 aromatic heterocycles. The van der Waals surface area contributed by atoms with Gasteiger partial charge in [-0.05, 0) is 24.3 Å². The number of benzene rings is 2. The summed E-state index contributed by atoms with van der Waals surface area (Å²) in [6.45, 7) is 0. The lowest BCUT2D eigenvalue weighted by atomic mass is 9.95. The van der Waals surface area contributed by atoms with E-state index >= 15 is 0 Å². The van der Waals surface area contributed by atoms with Gasteiger partial charge in [0.1, 0.15) is 17.7 Å². The van der Waals surface area contributed by atoms with E-state index in [4.69, 9.17) is 16.3 Å². The Bertz CT molecular complexity index is 662. The minimum atomic E-state index is -0.691. The number of ether oxygens (including phenoxy) is 1. The van der Waals surface area contributed by atoms with E-state index in [-0.39, 0.29) is 6.10 Å². The summed E-state index contributed by atoms with van der Waals surface area (Å²) >= 11 is 9.55. The van der Waals surface area contributed by atoms with Crippen molar-refractivity contribution in [2.75, 3.05) is 0 Å². The molecule has 20 heavy (non-hydrogen) atoms. The molecule has 1 aliphatic rings. The Labute approximate surface area is 129 Å². The van der Waals surface area contributed by atoms with Gasteiger partial charge in [-0.2, -0.15) is 0 Å². The average Bonchev–Trinajstić information content (AvgIpc) is 2.37. The highest BCUT2D eigenvalue weighted by Gasteiger charge is 2.29. The standard InChI is InChI=1S/C15H11BrClFO2/c16-8-1-3-10(12(17)5-8)15-7-13(19)11-4-2-9(18)6-14(11)20-15/h1-6,13,15,19H,7H2. The molecule has 2 unspecified atom stereocenters. The van der Waals surface area contributed by atoms with Crippen LogP contribution < -0.4 is 4.74 Å². The van der Waals surface area contributed by atoms with Crippen molar-refractivity contribution in [2.24, 2.45) is 0 Å². The van der Waals surface area contributed by atoms with E-state index in [1.54, 1.807) is 12.1 Å². The van der Waals surface area contributed by atoms with E-state index in [9.17, 15) is 9.50 Å². The molecule has 2 aromatic rings. The first kappa shape index (κ1) is 13.9. The number of aliphatic hydroxyl groups excluding tert-OH is 1. The molecular formula is C15H11BrClFO2. The second-order valence-electron chi connectivity index (χ2n) is 4.71. The summed E-state index contributed by atoms with van der Waals surface area (Å²) in [5.74, 6) is -0.0220. The maximum absolute atomic E-state index is 13.3. The number of hydrogen-bond donors (Lipinski definition) is 1. The fraction of sp³-hybridized carbons (Fsp3) is 0.200. The Kier molecular flexibility index (Phi) is 3.71. The number of hydrogen-bond acceptors (Lipinski definition) is 2. The molecule has 0 saturated carbocycles. The van der Waals surface area contributed by atoms with Crippen LogP contribution in [0.15, 0.2) is 40.9 Å². The van der Waals surface area contributed by atoms with Gasteiger partial charge < -0.3 is 9.84 Å². The van der Waals surface area contributed by atoms with Crippen LogP contribution in [0.5, 0.6) is 5.75 Å². The van der Waals surface area contributed by atoms with Crippen LogP contribution in [-0.4, -0.2) is 5.11 Å². The minimum absolute atomic E-state index is 0.368. The summed E-state index contributed by atoms with van der Waals surface area (Å²) in [5.41, 5.74) is 1.39. The molecule has 0 bridgehead atoms. The van der Waals surface area contributed by atoms with Crippen LogP contribution in [0, 0.1) is 5.82 Å². The van der Waals surface area contributed by atoms with Gasteiger partial charge in [-0.25, -0.2) is 4.39 Å². The van der Waals surface area contributed by atoms with Crippen molar-refractivity contribution in [1.29, 1.82) is 0 Å². The van der Waals surface area contributed by atoms with Crippen LogP contribution in [0.25, 0.3) is 0 Å². The van der Waals surface area contributed by atoms with Gasteiger partial charge in [0.05, 0.1) is 6.10 Å². The maximum Gasteiger partial charge on any atom is 0.128 e. The van der Waals surface area contributed by atoms with E-state index < -0.39 is 11.9 Å². The highest BCUT2D eigenvalue weighted by Crippen LogP contribution is 2.42. The van der Waals surface area contributed by atoms with Gasteiger partial charge in [-0.1, -0.05) is 33.6 Å². The quantitative estimate of drug-likeness (QED) is 0.794. The number of aliphatic hydroxyl groups is 1. The normalized spacial score (nSPS) is 21.2. The Morgan fingerprint density at radius 3 is 2.70 bits per heavy atom. The fourth-order valence-electron chi connectivity index (χ4n) is 2.37. The van der Waals surface area contributed by atoms with E-state index in [1.807, 2.05) is 12.1 Å². The summed E-state index contributed by atoms with van der Waals surface area (Å²) < 4.78 is 19.9. The van der Waals surface area contributed by atoms with Crippen LogP contribution in [0.2, 0.25) is 5.02 Å². The molecule has 1 N–H and O–H groups in total. The molecule has 3 rings (SSSR count). The lowest BCUT2D eigenvalue weighted by molar-refractivity contribution is 0.0654. The molecule has 0 fully saturated rings. The van der Waals surface area contributed by atoms with Crippen molar-refractivity contribution in [3.63, 3.8) is 0 Å². The number of halogens is 3. The summed E-state index contributed by atoms with van der Waals surface area (Å²) in [4.78, 5) is 0. The van der Waals surface area contributed by atoms with Crippen LogP contribution in [-0.2, 0) is 0 Å². The maximum atomic E-state index is 13.3. The molecule has 0 amide bonds. The lowest BCUT2D eigenvalue weighted by Crippen LogP contribution is -2.19. The summed E-state index contributed by atoms with van der Waals surface area (Å²) in [5, 5.41) is 10.7. The first-order valence-corrected chi connectivity index (χ1v) is 7.31. The summed E-state index contributed by atoms with van der Waals surface area (Å²) in [6.07, 6.45) is -0.691.